The van der Waals surface area contributed by atoms with Gasteiger partial charge in [0.25, 0.3) is 0 Å². The molecule has 2 fully saturated rings. The lowest BCUT2D eigenvalue weighted by Gasteiger charge is -2.28. The molecule has 0 amide bonds. The summed E-state index contributed by atoms with van der Waals surface area (Å²) in [6, 6.07) is 1.59. The summed E-state index contributed by atoms with van der Waals surface area (Å²) in [5.74, 6) is 0.784. The van der Waals surface area contributed by atoms with E-state index in [0.29, 0.717) is 0 Å². The summed E-state index contributed by atoms with van der Waals surface area (Å²) in [6.45, 7) is 12.3. The molecule has 2 aliphatic rings. The highest BCUT2D eigenvalue weighted by molar-refractivity contribution is 5.03. The minimum absolute atomic E-state index is 0.784. The first kappa shape index (κ1) is 12.1. The fourth-order valence-corrected chi connectivity index (χ4v) is 2.72. The van der Waals surface area contributed by atoms with Crippen molar-refractivity contribution in [2.75, 3.05) is 19.6 Å². The molecule has 0 bridgehead atoms. The second kappa shape index (κ2) is 5.33. The van der Waals surface area contributed by atoms with Crippen molar-refractivity contribution in [3.8, 4) is 0 Å². The molecule has 2 rings (SSSR count). The second-order valence-electron chi connectivity index (χ2n) is 5.83. The monoisotopic (exact) mass is 222 g/mol. The topological polar surface area (TPSA) is 15.3 Å². The van der Waals surface area contributed by atoms with E-state index in [1.165, 1.54) is 37.8 Å². The van der Waals surface area contributed by atoms with Crippen LogP contribution < -0.4 is 5.32 Å². The number of nitrogens with one attached hydrogen (secondary N) is 1. The Morgan fingerprint density at radius 1 is 1.38 bits per heavy atom. The SMILES string of the molecule is C=C(CNC1CC1)CN1CCCC1C(C)C. The first-order valence-electron chi connectivity index (χ1n) is 6.81. The Labute approximate surface area is 100 Å². The van der Waals surface area contributed by atoms with E-state index in [0.717, 1.165) is 31.1 Å². The molecule has 1 saturated heterocycles. The standard InChI is InChI=1S/C14H26N2/c1-11(2)14-5-4-8-16(14)10-12(3)9-15-13-6-7-13/h11,13-15H,3-10H2,1-2H3. The van der Waals surface area contributed by atoms with Gasteiger partial charge in [0.1, 0.15) is 0 Å². The normalized spacial score (nSPS) is 26.6. The number of nitrogens with zero attached hydrogens (tertiary/aromatic N) is 1. The lowest BCUT2D eigenvalue weighted by molar-refractivity contribution is 0.221. The van der Waals surface area contributed by atoms with Crippen molar-refractivity contribution in [2.24, 2.45) is 5.92 Å². The molecule has 0 spiro atoms. The molecule has 1 aliphatic heterocycles. The van der Waals surface area contributed by atoms with Gasteiger partial charge in [0.15, 0.2) is 0 Å². The van der Waals surface area contributed by atoms with E-state index < -0.39 is 0 Å². The first-order valence-corrected chi connectivity index (χ1v) is 6.81. The molecule has 1 atom stereocenters. The van der Waals surface area contributed by atoms with E-state index in [1.807, 2.05) is 0 Å². The third-order valence-electron chi connectivity index (χ3n) is 3.83. The third kappa shape index (κ3) is 3.33. The van der Waals surface area contributed by atoms with Crippen molar-refractivity contribution in [3.05, 3.63) is 12.2 Å². The van der Waals surface area contributed by atoms with Crippen molar-refractivity contribution in [3.63, 3.8) is 0 Å². The van der Waals surface area contributed by atoms with E-state index in [9.17, 15) is 0 Å². The van der Waals surface area contributed by atoms with Crippen LogP contribution in [0, 0.1) is 5.92 Å². The maximum atomic E-state index is 4.21. The minimum Gasteiger partial charge on any atom is -0.310 e. The quantitative estimate of drug-likeness (QED) is 0.694. The van der Waals surface area contributed by atoms with E-state index in [4.69, 9.17) is 0 Å². The summed E-state index contributed by atoms with van der Waals surface area (Å²) in [7, 11) is 0. The van der Waals surface area contributed by atoms with Crippen molar-refractivity contribution < 1.29 is 0 Å². The highest BCUT2D eigenvalue weighted by Gasteiger charge is 2.27. The van der Waals surface area contributed by atoms with Crippen molar-refractivity contribution in [1.29, 1.82) is 0 Å². The largest absolute Gasteiger partial charge is 0.310 e. The molecule has 92 valence electrons. The molecule has 2 nitrogen and oxygen atoms in total. The van der Waals surface area contributed by atoms with Crippen LogP contribution in [0.25, 0.3) is 0 Å². The molecule has 1 saturated carbocycles. The Bertz CT molecular complexity index is 243. The van der Waals surface area contributed by atoms with Crippen LogP contribution in [0.15, 0.2) is 12.2 Å². The molecule has 2 heteroatoms. The molecule has 1 unspecified atom stereocenters. The highest BCUT2D eigenvalue weighted by atomic mass is 15.2. The van der Waals surface area contributed by atoms with Gasteiger partial charge < -0.3 is 5.32 Å². The number of hydrogen-bond donors (Lipinski definition) is 1. The molecule has 1 N–H and O–H groups in total. The molecular weight excluding hydrogens is 196 g/mol. The zero-order chi connectivity index (χ0) is 11.5. The fourth-order valence-electron chi connectivity index (χ4n) is 2.72. The number of rotatable bonds is 6. The summed E-state index contributed by atoms with van der Waals surface area (Å²) in [5.41, 5.74) is 1.36. The van der Waals surface area contributed by atoms with E-state index in [2.05, 4.69) is 30.6 Å². The minimum atomic E-state index is 0.784. The van der Waals surface area contributed by atoms with Crippen LogP contribution in [0.1, 0.15) is 39.5 Å². The number of likely N-dealkylation sites (tertiary alicyclic amines) is 1. The van der Waals surface area contributed by atoms with Crippen LogP contribution in [0.2, 0.25) is 0 Å². The molecule has 16 heavy (non-hydrogen) atoms. The zero-order valence-corrected chi connectivity index (χ0v) is 10.8. The van der Waals surface area contributed by atoms with Gasteiger partial charge in [0.2, 0.25) is 0 Å². The maximum absolute atomic E-state index is 4.21. The molecule has 0 aromatic rings. The highest BCUT2D eigenvalue weighted by Crippen LogP contribution is 2.24. The van der Waals surface area contributed by atoms with Crippen LogP contribution in [-0.4, -0.2) is 36.6 Å². The summed E-state index contributed by atoms with van der Waals surface area (Å²) in [6.07, 6.45) is 5.48. The van der Waals surface area contributed by atoms with Gasteiger partial charge >= 0.3 is 0 Å². The molecule has 1 heterocycles. The van der Waals surface area contributed by atoms with Crippen LogP contribution in [0.4, 0.5) is 0 Å². The fraction of sp³-hybridized carbons (Fsp3) is 0.857. The first-order chi connectivity index (χ1) is 7.66. The van der Waals surface area contributed by atoms with Gasteiger partial charge in [-0.1, -0.05) is 20.4 Å². The van der Waals surface area contributed by atoms with E-state index in [-0.39, 0.29) is 0 Å². The molecule has 0 aromatic heterocycles. The maximum Gasteiger partial charge on any atom is 0.0205 e. The summed E-state index contributed by atoms with van der Waals surface area (Å²) >= 11 is 0. The van der Waals surface area contributed by atoms with Gasteiger partial charge in [0.05, 0.1) is 0 Å². The van der Waals surface area contributed by atoms with Crippen LogP contribution in [0.3, 0.4) is 0 Å². The van der Waals surface area contributed by atoms with Gasteiger partial charge in [-0.25, -0.2) is 0 Å². The predicted octanol–water partition coefficient (Wildman–Crippen LogP) is 2.42. The van der Waals surface area contributed by atoms with Crippen LogP contribution in [-0.2, 0) is 0 Å². The number of hydrogen-bond acceptors (Lipinski definition) is 2. The van der Waals surface area contributed by atoms with E-state index >= 15 is 0 Å². The average molecular weight is 222 g/mol. The molecular formula is C14H26N2. The average Bonchev–Trinajstić information content (AvgIpc) is 2.95. The van der Waals surface area contributed by atoms with Gasteiger partial charge in [-0.2, -0.15) is 0 Å². The Balaban J connectivity index is 1.72. The van der Waals surface area contributed by atoms with Crippen molar-refractivity contribution in [2.45, 2.75) is 51.6 Å². The van der Waals surface area contributed by atoms with E-state index in [1.54, 1.807) is 0 Å². The lowest BCUT2D eigenvalue weighted by atomic mass is 10.0. The summed E-state index contributed by atoms with van der Waals surface area (Å²) < 4.78 is 0. The Hall–Kier alpha value is -0.340. The molecule has 1 aliphatic carbocycles. The van der Waals surface area contributed by atoms with Gasteiger partial charge in [-0.15, -0.1) is 0 Å². The van der Waals surface area contributed by atoms with Crippen LogP contribution in [0.5, 0.6) is 0 Å². The third-order valence-corrected chi connectivity index (χ3v) is 3.83. The van der Waals surface area contributed by atoms with Crippen molar-refractivity contribution >= 4 is 0 Å². The Kier molecular flexibility index (Phi) is 4.04. The van der Waals surface area contributed by atoms with Crippen molar-refractivity contribution in [1.82, 2.24) is 10.2 Å². The Morgan fingerprint density at radius 3 is 2.75 bits per heavy atom. The summed E-state index contributed by atoms with van der Waals surface area (Å²) in [4.78, 5) is 2.63. The van der Waals surface area contributed by atoms with Gasteiger partial charge in [-0.05, 0) is 43.7 Å². The zero-order valence-electron chi connectivity index (χ0n) is 10.8. The predicted molar refractivity (Wildman–Crippen MR) is 69.6 cm³/mol. The van der Waals surface area contributed by atoms with Gasteiger partial charge in [0, 0.05) is 25.2 Å². The van der Waals surface area contributed by atoms with Gasteiger partial charge in [-0.3, -0.25) is 4.90 Å². The van der Waals surface area contributed by atoms with Crippen LogP contribution >= 0.6 is 0 Å². The lowest BCUT2D eigenvalue weighted by Crippen LogP contribution is -2.36. The molecule has 0 radical (unpaired) electrons. The Morgan fingerprint density at radius 2 is 2.12 bits per heavy atom. The smallest absolute Gasteiger partial charge is 0.0205 e. The summed E-state index contributed by atoms with van der Waals surface area (Å²) in [5, 5.41) is 3.55. The molecule has 0 aromatic carbocycles. The second-order valence-corrected chi connectivity index (χ2v) is 5.83.